The Morgan fingerprint density at radius 2 is 1.94 bits per heavy atom. The number of benzene rings is 1. The van der Waals surface area contributed by atoms with E-state index in [4.69, 9.17) is 11.6 Å². The number of non-ortho nitro benzene ring substituents is 1. The second kappa shape index (κ2) is 6.01. The minimum atomic E-state index is -3.48. The summed E-state index contributed by atoms with van der Waals surface area (Å²) in [5, 5.41) is 10.4. The van der Waals surface area contributed by atoms with Gasteiger partial charge in [-0.15, -0.1) is 11.6 Å². The largest absolute Gasteiger partial charge is 0.284 e. The van der Waals surface area contributed by atoms with Crippen LogP contribution in [0.2, 0.25) is 0 Å². The molecule has 0 bridgehead atoms. The van der Waals surface area contributed by atoms with Crippen molar-refractivity contribution in [2.24, 2.45) is 5.92 Å². The number of nitro groups is 1. The summed E-state index contributed by atoms with van der Waals surface area (Å²) in [5.74, 6) is -0.00325. The SMILES string of the molecule is CC(CCl)CS(=O)(=O)Nc1ccc([N+](=O)[O-])cc1. The summed E-state index contributed by atoms with van der Waals surface area (Å²) in [7, 11) is -3.48. The highest BCUT2D eigenvalue weighted by Crippen LogP contribution is 2.17. The van der Waals surface area contributed by atoms with Crippen LogP contribution in [0.15, 0.2) is 24.3 Å². The molecule has 1 unspecified atom stereocenters. The third-order valence-corrected chi connectivity index (χ3v) is 4.20. The van der Waals surface area contributed by atoms with Crippen LogP contribution < -0.4 is 4.72 Å². The summed E-state index contributed by atoms with van der Waals surface area (Å²) in [6, 6.07) is 5.17. The molecule has 0 amide bonds. The number of nitrogens with zero attached hydrogens (tertiary/aromatic N) is 1. The van der Waals surface area contributed by atoms with E-state index in [0.717, 1.165) is 0 Å². The molecule has 0 aliphatic heterocycles. The molecule has 0 saturated heterocycles. The van der Waals surface area contributed by atoms with E-state index < -0.39 is 14.9 Å². The lowest BCUT2D eigenvalue weighted by Crippen LogP contribution is -2.22. The van der Waals surface area contributed by atoms with Gasteiger partial charge in [0, 0.05) is 23.7 Å². The van der Waals surface area contributed by atoms with E-state index in [9.17, 15) is 18.5 Å². The summed E-state index contributed by atoms with van der Waals surface area (Å²) in [4.78, 5) is 9.89. The highest BCUT2D eigenvalue weighted by atomic mass is 35.5. The Kier molecular flexibility index (Phi) is 4.92. The van der Waals surface area contributed by atoms with Gasteiger partial charge in [0.2, 0.25) is 10.0 Å². The number of rotatable bonds is 6. The smallest absolute Gasteiger partial charge is 0.269 e. The fourth-order valence-electron chi connectivity index (χ4n) is 1.29. The van der Waals surface area contributed by atoms with Crippen LogP contribution in [0.5, 0.6) is 0 Å². The third-order valence-electron chi connectivity index (χ3n) is 2.12. The van der Waals surface area contributed by atoms with Crippen molar-refractivity contribution in [1.29, 1.82) is 0 Å². The Morgan fingerprint density at radius 3 is 2.39 bits per heavy atom. The molecule has 0 heterocycles. The zero-order valence-electron chi connectivity index (χ0n) is 9.67. The van der Waals surface area contributed by atoms with Gasteiger partial charge in [0.15, 0.2) is 0 Å². The number of nitrogens with one attached hydrogen (secondary N) is 1. The minimum Gasteiger partial charge on any atom is -0.284 e. The van der Waals surface area contributed by atoms with Crippen molar-refractivity contribution in [3.8, 4) is 0 Å². The summed E-state index contributed by atoms with van der Waals surface area (Å²) < 4.78 is 25.7. The van der Waals surface area contributed by atoms with Crippen molar-refractivity contribution >= 4 is 33.0 Å². The Hall–Kier alpha value is -1.34. The number of sulfonamides is 1. The van der Waals surface area contributed by atoms with Gasteiger partial charge in [0.1, 0.15) is 0 Å². The zero-order chi connectivity index (χ0) is 13.8. The first-order valence-electron chi connectivity index (χ1n) is 5.15. The molecule has 0 spiro atoms. The number of hydrogen-bond acceptors (Lipinski definition) is 4. The van der Waals surface area contributed by atoms with Crippen molar-refractivity contribution in [2.75, 3.05) is 16.4 Å². The lowest BCUT2D eigenvalue weighted by atomic mass is 10.3. The molecule has 1 aromatic carbocycles. The molecule has 0 saturated carbocycles. The number of anilines is 1. The molecule has 100 valence electrons. The van der Waals surface area contributed by atoms with Gasteiger partial charge in [-0.1, -0.05) is 6.92 Å². The lowest BCUT2D eigenvalue weighted by Gasteiger charge is -2.10. The summed E-state index contributed by atoms with van der Waals surface area (Å²) in [6.07, 6.45) is 0. The van der Waals surface area contributed by atoms with Gasteiger partial charge in [0.05, 0.1) is 10.7 Å². The van der Waals surface area contributed by atoms with Crippen LogP contribution in [0.4, 0.5) is 11.4 Å². The molecule has 0 fully saturated rings. The van der Waals surface area contributed by atoms with Gasteiger partial charge >= 0.3 is 0 Å². The molecule has 1 rings (SSSR count). The van der Waals surface area contributed by atoms with Crippen LogP contribution in [-0.2, 0) is 10.0 Å². The number of halogens is 1. The quantitative estimate of drug-likeness (QED) is 0.494. The minimum absolute atomic E-state index is 0.0898. The van der Waals surface area contributed by atoms with Gasteiger partial charge in [-0.05, 0) is 18.1 Å². The molecule has 0 aliphatic rings. The summed E-state index contributed by atoms with van der Waals surface area (Å²) in [6.45, 7) is 1.72. The first-order chi connectivity index (χ1) is 8.34. The molecule has 0 radical (unpaired) electrons. The van der Waals surface area contributed by atoms with E-state index in [0.29, 0.717) is 5.69 Å². The van der Waals surface area contributed by atoms with Crippen LogP contribution in [-0.4, -0.2) is 25.0 Å². The maximum atomic E-state index is 11.7. The van der Waals surface area contributed by atoms with Crippen molar-refractivity contribution in [2.45, 2.75) is 6.92 Å². The van der Waals surface area contributed by atoms with Crippen LogP contribution in [0, 0.1) is 16.0 Å². The van der Waals surface area contributed by atoms with Crippen molar-refractivity contribution in [3.05, 3.63) is 34.4 Å². The Bertz CT molecular complexity index is 515. The van der Waals surface area contributed by atoms with E-state index >= 15 is 0 Å². The average molecular weight is 293 g/mol. The van der Waals surface area contributed by atoms with Gasteiger partial charge in [-0.3, -0.25) is 14.8 Å². The van der Waals surface area contributed by atoms with Crippen molar-refractivity contribution in [1.82, 2.24) is 0 Å². The first-order valence-corrected chi connectivity index (χ1v) is 7.33. The normalized spacial score (nSPS) is 13.0. The number of alkyl halides is 1. The Balaban J connectivity index is 2.75. The van der Waals surface area contributed by atoms with Gasteiger partial charge < -0.3 is 0 Å². The van der Waals surface area contributed by atoms with Crippen LogP contribution in [0.1, 0.15) is 6.92 Å². The molecule has 8 heteroatoms. The van der Waals surface area contributed by atoms with Crippen LogP contribution in [0.25, 0.3) is 0 Å². The number of hydrogen-bond donors (Lipinski definition) is 1. The molecular formula is C10H13ClN2O4S. The van der Waals surface area contributed by atoms with E-state index in [2.05, 4.69) is 4.72 Å². The van der Waals surface area contributed by atoms with E-state index in [1.54, 1.807) is 6.92 Å². The van der Waals surface area contributed by atoms with E-state index in [1.165, 1.54) is 24.3 Å². The molecule has 1 atom stereocenters. The predicted molar refractivity (Wildman–Crippen MR) is 70.4 cm³/mol. The maximum Gasteiger partial charge on any atom is 0.269 e. The maximum absolute atomic E-state index is 11.7. The van der Waals surface area contributed by atoms with E-state index in [1.807, 2.05) is 0 Å². The molecule has 0 aliphatic carbocycles. The number of nitro benzene ring substituents is 1. The highest BCUT2D eigenvalue weighted by Gasteiger charge is 2.15. The highest BCUT2D eigenvalue weighted by molar-refractivity contribution is 7.92. The Labute approximate surface area is 110 Å². The monoisotopic (exact) mass is 292 g/mol. The van der Waals surface area contributed by atoms with Crippen LogP contribution >= 0.6 is 11.6 Å². The van der Waals surface area contributed by atoms with Gasteiger partial charge in [-0.2, -0.15) is 0 Å². The Morgan fingerprint density at radius 1 is 1.39 bits per heavy atom. The molecule has 1 aromatic rings. The van der Waals surface area contributed by atoms with Gasteiger partial charge in [-0.25, -0.2) is 8.42 Å². The molecule has 6 nitrogen and oxygen atoms in total. The second-order valence-corrected chi connectivity index (χ2v) is 6.02. The summed E-state index contributed by atoms with van der Waals surface area (Å²) in [5.41, 5.74) is 0.203. The van der Waals surface area contributed by atoms with Crippen LogP contribution in [0.3, 0.4) is 0 Å². The first kappa shape index (κ1) is 14.7. The van der Waals surface area contributed by atoms with Crippen molar-refractivity contribution in [3.63, 3.8) is 0 Å². The molecule has 1 N–H and O–H groups in total. The standard InChI is InChI=1S/C10H13ClN2O4S/c1-8(6-11)7-18(16,17)12-9-2-4-10(5-3-9)13(14)15/h2-5,8,12H,6-7H2,1H3. The van der Waals surface area contributed by atoms with Crippen molar-refractivity contribution < 1.29 is 13.3 Å². The lowest BCUT2D eigenvalue weighted by molar-refractivity contribution is -0.384. The fourth-order valence-corrected chi connectivity index (χ4v) is 2.98. The fraction of sp³-hybridized carbons (Fsp3) is 0.400. The van der Waals surface area contributed by atoms with Gasteiger partial charge in [0.25, 0.3) is 5.69 Å². The average Bonchev–Trinajstić information content (AvgIpc) is 2.28. The molecular weight excluding hydrogens is 280 g/mol. The molecule has 18 heavy (non-hydrogen) atoms. The second-order valence-electron chi connectivity index (χ2n) is 3.95. The topological polar surface area (TPSA) is 89.3 Å². The zero-order valence-corrected chi connectivity index (χ0v) is 11.2. The predicted octanol–water partition coefficient (Wildman–Crippen LogP) is 2.21. The summed E-state index contributed by atoms with van der Waals surface area (Å²) >= 11 is 5.55. The van der Waals surface area contributed by atoms with E-state index in [-0.39, 0.29) is 23.2 Å². The third kappa shape index (κ3) is 4.50. The molecule has 0 aromatic heterocycles.